The monoisotopic (exact) mass is 466 g/mol. The smallest absolute Gasteiger partial charge is 0.0781 e. The molecule has 0 saturated carbocycles. The van der Waals surface area contributed by atoms with Gasteiger partial charge in [-0.25, -0.2) is 10.0 Å². The Morgan fingerprint density at radius 1 is 0.824 bits per heavy atom. The van der Waals surface area contributed by atoms with Crippen LogP contribution in [0.4, 0.5) is 0 Å². The van der Waals surface area contributed by atoms with E-state index in [0.29, 0.717) is 12.0 Å². The summed E-state index contributed by atoms with van der Waals surface area (Å²) in [5.41, 5.74) is 6.38. The lowest BCUT2D eigenvalue weighted by atomic mass is 9.91. The lowest BCUT2D eigenvalue weighted by Gasteiger charge is -2.39. The van der Waals surface area contributed by atoms with E-state index in [-0.39, 0.29) is 10.0 Å². The molecule has 1 saturated heterocycles. The van der Waals surface area contributed by atoms with E-state index in [2.05, 4.69) is 97.7 Å². The zero-order valence-electron chi connectivity index (χ0n) is 20.7. The molecule has 0 aliphatic carbocycles. The Hall–Kier alpha value is -2.78. The van der Waals surface area contributed by atoms with E-state index in [1.165, 1.54) is 68.1 Å². The van der Waals surface area contributed by atoms with Gasteiger partial charge < -0.3 is 4.57 Å². The van der Waals surface area contributed by atoms with Crippen LogP contribution in [0.3, 0.4) is 0 Å². The summed E-state index contributed by atoms with van der Waals surface area (Å²) in [6.45, 7) is 4.54. The minimum atomic E-state index is -0.359. The number of fused-ring (bicyclic) bond motifs is 4. The van der Waals surface area contributed by atoms with Crippen molar-refractivity contribution in [3.8, 4) is 11.3 Å². The van der Waals surface area contributed by atoms with Gasteiger partial charge in [0.1, 0.15) is 0 Å². The first-order valence-corrected chi connectivity index (χ1v) is 15.3. The predicted octanol–water partition coefficient (Wildman–Crippen LogP) is 8.53. The van der Waals surface area contributed by atoms with Crippen molar-refractivity contribution >= 4 is 42.6 Å². The summed E-state index contributed by atoms with van der Waals surface area (Å²) in [5.74, 6) is 3.52. The molecule has 5 aromatic rings. The predicted molar refractivity (Wildman–Crippen MR) is 152 cm³/mol. The second kappa shape index (κ2) is 8.16. The number of aromatic nitrogens is 2. The Bertz CT molecular complexity index is 1520. The van der Waals surface area contributed by atoms with Gasteiger partial charge in [0, 0.05) is 39.5 Å². The maximum absolute atomic E-state index is 4.87. The average Bonchev–Trinajstić information content (AvgIpc) is 3.17. The van der Waals surface area contributed by atoms with Gasteiger partial charge in [-0.3, -0.25) is 4.98 Å². The van der Waals surface area contributed by atoms with Gasteiger partial charge in [0.05, 0.1) is 11.2 Å². The van der Waals surface area contributed by atoms with E-state index in [1.54, 1.807) is 0 Å². The van der Waals surface area contributed by atoms with Crippen LogP contribution >= 0.6 is 10.0 Å². The molecule has 0 amide bonds. The molecular weight excluding hydrogens is 432 g/mol. The molecule has 3 heteroatoms. The molecule has 2 nitrogen and oxygen atoms in total. The summed E-state index contributed by atoms with van der Waals surface area (Å²) in [5, 5.41) is 5.20. The van der Waals surface area contributed by atoms with E-state index in [9.17, 15) is 0 Å². The third-order valence-electron chi connectivity index (χ3n) is 7.80. The van der Waals surface area contributed by atoms with Crippen LogP contribution < -0.4 is 0 Å². The van der Waals surface area contributed by atoms with E-state index in [1.807, 2.05) is 6.20 Å². The van der Waals surface area contributed by atoms with Crippen LogP contribution in [0.2, 0.25) is 0 Å². The highest BCUT2D eigenvalue weighted by Gasteiger charge is 2.24. The molecule has 2 aromatic heterocycles. The van der Waals surface area contributed by atoms with Crippen molar-refractivity contribution in [3.63, 3.8) is 0 Å². The number of hydrogen-bond acceptors (Lipinski definition) is 1. The third kappa shape index (κ3) is 3.62. The minimum absolute atomic E-state index is 0.359. The maximum atomic E-state index is 4.87. The van der Waals surface area contributed by atoms with Gasteiger partial charge in [-0.05, 0) is 85.8 Å². The highest BCUT2D eigenvalue weighted by Crippen LogP contribution is 2.49. The first kappa shape index (κ1) is 21.7. The highest BCUT2D eigenvalue weighted by molar-refractivity contribution is 8.32. The summed E-state index contributed by atoms with van der Waals surface area (Å²) >= 11 is 0. The normalized spacial score (nSPS) is 17.7. The fourth-order valence-electron chi connectivity index (χ4n) is 5.89. The van der Waals surface area contributed by atoms with Crippen LogP contribution in [0, 0.1) is 0 Å². The first-order valence-electron chi connectivity index (χ1n) is 12.5. The Morgan fingerprint density at radius 3 is 2.35 bits per heavy atom. The SMILES string of the molecule is CC(C)n1c2ccccc2c2ccc(-c3nccc4cc(C5CCS(C)(C)CC5)ccc34)cc21. The lowest BCUT2D eigenvalue weighted by Crippen LogP contribution is -2.18. The van der Waals surface area contributed by atoms with Gasteiger partial charge in [-0.1, -0.05) is 48.5 Å². The Balaban J connectivity index is 1.45. The highest BCUT2D eigenvalue weighted by atomic mass is 32.3. The van der Waals surface area contributed by atoms with E-state index < -0.39 is 0 Å². The van der Waals surface area contributed by atoms with Crippen molar-refractivity contribution < 1.29 is 0 Å². The molecular formula is C31H34N2S. The van der Waals surface area contributed by atoms with E-state index in [0.717, 1.165) is 5.69 Å². The summed E-state index contributed by atoms with van der Waals surface area (Å²) in [4.78, 5) is 4.87. The van der Waals surface area contributed by atoms with Gasteiger partial charge in [-0.15, -0.1) is 0 Å². The topological polar surface area (TPSA) is 17.8 Å². The number of pyridine rings is 1. The van der Waals surface area contributed by atoms with Crippen LogP contribution in [-0.2, 0) is 0 Å². The summed E-state index contributed by atoms with van der Waals surface area (Å²) in [6.07, 6.45) is 9.65. The largest absolute Gasteiger partial charge is 0.338 e. The number of rotatable bonds is 3. The van der Waals surface area contributed by atoms with Gasteiger partial charge in [-0.2, -0.15) is 0 Å². The Morgan fingerprint density at radius 2 is 1.56 bits per heavy atom. The molecule has 3 aromatic carbocycles. The molecule has 34 heavy (non-hydrogen) atoms. The Kier molecular flexibility index (Phi) is 5.22. The zero-order chi connectivity index (χ0) is 23.4. The molecule has 0 N–H and O–H groups in total. The molecule has 6 rings (SSSR count). The standard InChI is InChI=1S/C31H34N2S/c1-21(2)33-29-8-6-5-7-27(29)28-12-10-25(20-30(28)33)31-26-11-9-23(19-24(26)13-16-32-31)22-14-17-34(3,4)18-15-22/h5-13,16,19-22H,14-15,17-18H2,1-4H3. The molecule has 174 valence electrons. The van der Waals surface area contributed by atoms with Crippen molar-refractivity contribution in [3.05, 3.63) is 78.5 Å². The second-order valence-electron chi connectivity index (χ2n) is 10.8. The first-order chi connectivity index (χ1) is 16.4. The van der Waals surface area contributed by atoms with Crippen LogP contribution in [0.15, 0.2) is 72.9 Å². The van der Waals surface area contributed by atoms with Crippen molar-refractivity contribution in [2.45, 2.75) is 38.6 Å². The molecule has 3 heterocycles. The maximum Gasteiger partial charge on any atom is 0.0781 e. The van der Waals surface area contributed by atoms with Crippen LogP contribution in [0.25, 0.3) is 43.8 Å². The van der Waals surface area contributed by atoms with Gasteiger partial charge >= 0.3 is 0 Å². The van der Waals surface area contributed by atoms with Crippen molar-refractivity contribution in [1.82, 2.24) is 9.55 Å². The number of nitrogens with zero attached hydrogens (tertiary/aromatic N) is 2. The fraction of sp³-hybridized carbons (Fsp3) is 0.323. The second-order valence-corrected chi connectivity index (χ2v) is 15.2. The minimum Gasteiger partial charge on any atom is -0.338 e. The van der Waals surface area contributed by atoms with Gasteiger partial charge in [0.2, 0.25) is 0 Å². The molecule has 0 atom stereocenters. The Labute approximate surface area is 204 Å². The molecule has 1 fully saturated rings. The molecule has 1 aliphatic rings. The average molecular weight is 467 g/mol. The molecule has 1 aliphatic heterocycles. The zero-order valence-corrected chi connectivity index (χ0v) is 21.5. The number of para-hydroxylation sites is 1. The number of hydrogen-bond donors (Lipinski definition) is 0. The molecule has 0 unspecified atom stereocenters. The summed E-state index contributed by atoms with van der Waals surface area (Å²) in [6, 6.07) is 25.3. The molecule has 0 spiro atoms. The van der Waals surface area contributed by atoms with E-state index >= 15 is 0 Å². The van der Waals surface area contributed by atoms with Crippen LogP contribution in [-0.4, -0.2) is 33.6 Å². The fourth-order valence-corrected chi connectivity index (χ4v) is 7.94. The van der Waals surface area contributed by atoms with Crippen molar-refractivity contribution in [2.24, 2.45) is 0 Å². The van der Waals surface area contributed by atoms with Gasteiger partial charge in [0.25, 0.3) is 0 Å². The lowest BCUT2D eigenvalue weighted by molar-refractivity contribution is 0.632. The number of benzene rings is 3. The molecule has 0 bridgehead atoms. The summed E-state index contributed by atoms with van der Waals surface area (Å²) in [7, 11) is -0.359. The van der Waals surface area contributed by atoms with Crippen molar-refractivity contribution in [1.29, 1.82) is 0 Å². The third-order valence-corrected chi connectivity index (χ3v) is 10.5. The molecule has 0 radical (unpaired) electrons. The van der Waals surface area contributed by atoms with E-state index in [4.69, 9.17) is 4.98 Å². The van der Waals surface area contributed by atoms with Gasteiger partial charge in [0.15, 0.2) is 0 Å². The van der Waals surface area contributed by atoms with Crippen LogP contribution in [0.5, 0.6) is 0 Å². The van der Waals surface area contributed by atoms with Crippen LogP contribution in [0.1, 0.15) is 44.2 Å². The van der Waals surface area contributed by atoms with Crippen molar-refractivity contribution in [2.75, 3.05) is 24.0 Å². The summed E-state index contributed by atoms with van der Waals surface area (Å²) < 4.78 is 2.46. The quantitative estimate of drug-likeness (QED) is 0.260.